The minimum absolute atomic E-state index is 0.122. The third-order valence-electron chi connectivity index (χ3n) is 4.84. The van der Waals surface area contributed by atoms with Crippen molar-refractivity contribution in [3.8, 4) is 11.5 Å². The number of thioether (sulfide) groups is 1. The summed E-state index contributed by atoms with van der Waals surface area (Å²) >= 11 is 4.31. The Bertz CT molecular complexity index is 1240. The SMILES string of the molecule is COc1cc(/C=C2\SC(=O)N(Cc3ccccc3F)C2=O)cc(Br)c1OCc1ccncc1. The molecule has 0 atom stereocenters. The van der Waals surface area contributed by atoms with Gasteiger partial charge in [-0.3, -0.25) is 19.5 Å². The summed E-state index contributed by atoms with van der Waals surface area (Å²) in [7, 11) is 1.52. The van der Waals surface area contributed by atoms with Crippen LogP contribution in [0.15, 0.2) is 70.3 Å². The van der Waals surface area contributed by atoms with E-state index in [4.69, 9.17) is 9.47 Å². The Morgan fingerprint density at radius 2 is 1.91 bits per heavy atom. The molecule has 2 aromatic carbocycles. The second-order valence-electron chi connectivity index (χ2n) is 7.04. The molecule has 0 unspecified atom stereocenters. The van der Waals surface area contributed by atoms with Gasteiger partial charge in [-0.1, -0.05) is 18.2 Å². The van der Waals surface area contributed by atoms with E-state index in [2.05, 4.69) is 20.9 Å². The van der Waals surface area contributed by atoms with Crippen molar-refractivity contribution in [3.63, 3.8) is 0 Å². The number of methoxy groups -OCH3 is 1. The van der Waals surface area contributed by atoms with Crippen LogP contribution in [0.3, 0.4) is 0 Å². The molecule has 1 fully saturated rings. The van der Waals surface area contributed by atoms with Crippen LogP contribution in [-0.2, 0) is 17.9 Å². The van der Waals surface area contributed by atoms with E-state index in [1.807, 2.05) is 12.1 Å². The number of rotatable bonds is 7. The average Bonchev–Trinajstić information content (AvgIpc) is 3.07. The van der Waals surface area contributed by atoms with Gasteiger partial charge < -0.3 is 9.47 Å². The number of nitrogens with zero attached hydrogens (tertiary/aromatic N) is 2. The van der Waals surface area contributed by atoms with Crippen LogP contribution in [0.25, 0.3) is 6.08 Å². The highest BCUT2D eigenvalue weighted by Crippen LogP contribution is 2.39. The number of aromatic nitrogens is 1. The summed E-state index contributed by atoms with van der Waals surface area (Å²) < 4.78 is 26.0. The predicted molar refractivity (Wildman–Crippen MR) is 127 cm³/mol. The first kappa shape index (κ1) is 23.0. The molecule has 1 aliphatic rings. The number of halogens is 2. The van der Waals surface area contributed by atoms with E-state index in [0.29, 0.717) is 28.1 Å². The van der Waals surface area contributed by atoms with Crippen molar-refractivity contribution in [2.24, 2.45) is 0 Å². The summed E-state index contributed by atoms with van der Waals surface area (Å²) in [6, 6.07) is 13.3. The van der Waals surface area contributed by atoms with Gasteiger partial charge in [0.15, 0.2) is 11.5 Å². The van der Waals surface area contributed by atoms with Crippen molar-refractivity contribution in [1.82, 2.24) is 9.88 Å². The first-order valence-corrected chi connectivity index (χ1v) is 11.4. The van der Waals surface area contributed by atoms with Crippen LogP contribution in [0.4, 0.5) is 9.18 Å². The molecule has 0 aliphatic carbocycles. The zero-order chi connectivity index (χ0) is 23.4. The maximum Gasteiger partial charge on any atom is 0.293 e. The first-order chi connectivity index (χ1) is 16.0. The number of carbonyl (C=O) groups is 2. The third kappa shape index (κ3) is 5.26. The van der Waals surface area contributed by atoms with E-state index in [0.717, 1.165) is 22.2 Å². The van der Waals surface area contributed by atoms with Gasteiger partial charge in [-0.15, -0.1) is 0 Å². The number of carbonyl (C=O) groups excluding carboxylic acids is 2. The lowest BCUT2D eigenvalue weighted by atomic mass is 10.1. The van der Waals surface area contributed by atoms with Crippen LogP contribution < -0.4 is 9.47 Å². The lowest BCUT2D eigenvalue weighted by molar-refractivity contribution is -0.123. The number of ether oxygens (including phenoxy) is 2. The lowest BCUT2D eigenvalue weighted by Gasteiger charge is -2.14. The normalized spacial score (nSPS) is 14.8. The zero-order valence-corrected chi connectivity index (χ0v) is 19.9. The van der Waals surface area contributed by atoms with Gasteiger partial charge in [-0.2, -0.15) is 0 Å². The van der Waals surface area contributed by atoms with E-state index in [9.17, 15) is 14.0 Å². The van der Waals surface area contributed by atoms with Gasteiger partial charge in [0.05, 0.1) is 23.0 Å². The maximum atomic E-state index is 14.0. The molecular weight excluding hydrogens is 511 g/mol. The highest BCUT2D eigenvalue weighted by Gasteiger charge is 2.35. The molecule has 4 rings (SSSR count). The molecule has 9 heteroatoms. The van der Waals surface area contributed by atoms with Gasteiger partial charge in [-0.05, 0) is 75.2 Å². The number of hydrogen-bond donors (Lipinski definition) is 0. The summed E-state index contributed by atoms with van der Waals surface area (Å²) in [6.45, 7) is 0.204. The van der Waals surface area contributed by atoms with Crippen molar-refractivity contribution in [2.45, 2.75) is 13.2 Å². The lowest BCUT2D eigenvalue weighted by Crippen LogP contribution is -2.27. The number of amides is 2. The fourth-order valence-corrected chi connectivity index (χ4v) is 4.59. The quantitative estimate of drug-likeness (QED) is 0.360. The molecule has 0 spiro atoms. The van der Waals surface area contributed by atoms with Crippen molar-refractivity contribution in [1.29, 1.82) is 0 Å². The van der Waals surface area contributed by atoms with Crippen LogP contribution in [0.5, 0.6) is 11.5 Å². The molecule has 0 N–H and O–H groups in total. The van der Waals surface area contributed by atoms with Crippen LogP contribution in [0.1, 0.15) is 16.7 Å². The Labute approximate surface area is 202 Å². The van der Waals surface area contributed by atoms with Gasteiger partial charge in [0.25, 0.3) is 11.1 Å². The fraction of sp³-hybridized carbons (Fsp3) is 0.125. The molecule has 168 valence electrons. The maximum absolute atomic E-state index is 14.0. The molecule has 1 aromatic heterocycles. The summed E-state index contributed by atoms with van der Waals surface area (Å²) in [6.07, 6.45) is 4.98. The number of imide groups is 1. The predicted octanol–water partition coefficient (Wildman–Crippen LogP) is 5.81. The first-order valence-electron chi connectivity index (χ1n) is 9.84. The van der Waals surface area contributed by atoms with Crippen LogP contribution in [-0.4, -0.2) is 28.1 Å². The summed E-state index contributed by atoms with van der Waals surface area (Å²) in [4.78, 5) is 30.5. The second kappa shape index (κ2) is 10.2. The van der Waals surface area contributed by atoms with E-state index >= 15 is 0 Å². The molecule has 1 aliphatic heterocycles. The van der Waals surface area contributed by atoms with Gasteiger partial charge in [0.1, 0.15) is 12.4 Å². The Balaban J connectivity index is 1.54. The summed E-state index contributed by atoms with van der Waals surface area (Å²) in [5.41, 5.74) is 1.87. The highest BCUT2D eigenvalue weighted by molar-refractivity contribution is 9.10. The second-order valence-corrected chi connectivity index (χ2v) is 8.89. The Morgan fingerprint density at radius 1 is 1.15 bits per heavy atom. The average molecular weight is 529 g/mol. The molecule has 33 heavy (non-hydrogen) atoms. The van der Waals surface area contributed by atoms with Crippen molar-refractivity contribution < 1.29 is 23.5 Å². The number of pyridine rings is 1. The molecule has 3 aromatic rings. The van der Waals surface area contributed by atoms with Crippen LogP contribution in [0.2, 0.25) is 0 Å². The van der Waals surface area contributed by atoms with Gasteiger partial charge in [-0.25, -0.2) is 4.39 Å². The van der Waals surface area contributed by atoms with E-state index in [-0.39, 0.29) is 17.0 Å². The minimum Gasteiger partial charge on any atom is -0.493 e. The van der Waals surface area contributed by atoms with Crippen molar-refractivity contribution in [2.75, 3.05) is 7.11 Å². The van der Waals surface area contributed by atoms with Crippen LogP contribution >= 0.6 is 27.7 Å². The molecular formula is C24H18BrFN2O4S. The van der Waals surface area contributed by atoms with Gasteiger partial charge in [0, 0.05) is 18.0 Å². The molecule has 0 radical (unpaired) electrons. The fourth-order valence-electron chi connectivity index (χ4n) is 3.18. The Hall–Kier alpha value is -3.17. The number of benzene rings is 2. The van der Waals surface area contributed by atoms with Crippen molar-refractivity contribution >= 4 is 44.9 Å². The minimum atomic E-state index is -0.471. The largest absolute Gasteiger partial charge is 0.493 e. The Morgan fingerprint density at radius 3 is 2.64 bits per heavy atom. The van der Waals surface area contributed by atoms with E-state index < -0.39 is 17.0 Å². The van der Waals surface area contributed by atoms with Crippen LogP contribution in [0, 0.1) is 5.82 Å². The Kier molecular flexibility index (Phi) is 7.10. The highest BCUT2D eigenvalue weighted by atomic mass is 79.9. The third-order valence-corrected chi connectivity index (χ3v) is 6.34. The molecule has 1 saturated heterocycles. The van der Waals surface area contributed by atoms with E-state index in [1.54, 1.807) is 48.8 Å². The smallest absolute Gasteiger partial charge is 0.293 e. The molecule has 2 heterocycles. The topological polar surface area (TPSA) is 68.7 Å². The summed E-state index contributed by atoms with van der Waals surface area (Å²) in [5, 5.41) is -0.446. The monoisotopic (exact) mass is 528 g/mol. The van der Waals surface area contributed by atoms with Gasteiger partial charge >= 0.3 is 0 Å². The molecule has 0 saturated carbocycles. The standard InChI is InChI=1S/C24H18BrFN2O4S/c1-31-20-11-16(10-18(25)22(20)32-14-15-6-8-27-9-7-15)12-21-23(29)28(24(30)33-21)13-17-4-2-3-5-19(17)26/h2-12H,13-14H2,1H3/b21-12-. The van der Waals surface area contributed by atoms with Gasteiger partial charge in [0.2, 0.25) is 0 Å². The summed E-state index contributed by atoms with van der Waals surface area (Å²) in [5.74, 6) is 0.0484. The molecule has 6 nitrogen and oxygen atoms in total. The molecule has 2 amide bonds. The van der Waals surface area contributed by atoms with Crippen molar-refractivity contribution in [3.05, 3.63) is 92.8 Å². The molecule has 0 bridgehead atoms. The van der Waals surface area contributed by atoms with E-state index in [1.165, 1.54) is 13.2 Å². The number of hydrogen-bond acceptors (Lipinski definition) is 6. The zero-order valence-electron chi connectivity index (χ0n) is 17.5.